The van der Waals surface area contributed by atoms with Crippen LogP contribution in [0.3, 0.4) is 0 Å². The molecule has 20 heavy (non-hydrogen) atoms. The molecule has 2 aromatic rings. The summed E-state index contributed by atoms with van der Waals surface area (Å²) >= 11 is 1.39. The van der Waals surface area contributed by atoms with E-state index in [9.17, 15) is 13.2 Å². The van der Waals surface area contributed by atoms with Crippen molar-refractivity contribution in [1.82, 2.24) is 9.71 Å². The zero-order valence-electron chi connectivity index (χ0n) is 10.3. The fourth-order valence-corrected chi connectivity index (χ4v) is 3.10. The minimum atomic E-state index is -3.61. The molecule has 2 rings (SSSR count). The summed E-state index contributed by atoms with van der Waals surface area (Å²) in [6.45, 7) is 0.128. The molecule has 0 aliphatic rings. The molecule has 1 aromatic heterocycles. The van der Waals surface area contributed by atoms with E-state index < -0.39 is 16.0 Å². The van der Waals surface area contributed by atoms with Crippen molar-refractivity contribution >= 4 is 27.3 Å². The SMILES string of the molecule is O=C(O)Cc1ccc(S(=O)(=O)NCc2cscn2)cc1. The van der Waals surface area contributed by atoms with Crippen LogP contribution in [0.15, 0.2) is 40.1 Å². The van der Waals surface area contributed by atoms with E-state index >= 15 is 0 Å². The van der Waals surface area contributed by atoms with Crippen LogP contribution >= 0.6 is 11.3 Å². The van der Waals surface area contributed by atoms with Crippen LogP contribution in [-0.4, -0.2) is 24.5 Å². The Bertz CT molecular complexity index is 679. The lowest BCUT2D eigenvalue weighted by atomic mass is 10.2. The lowest BCUT2D eigenvalue weighted by Gasteiger charge is -2.06. The standard InChI is InChI=1S/C12H12N2O4S2/c15-12(16)5-9-1-3-11(4-2-9)20(17,18)14-6-10-7-19-8-13-10/h1-4,7-8,14H,5-6H2,(H,15,16). The fourth-order valence-electron chi connectivity index (χ4n) is 1.54. The van der Waals surface area contributed by atoms with Crippen LogP contribution in [0.2, 0.25) is 0 Å². The van der Waals surface area contributed by atoms with E-state index in [0.717, 1.165) is 0 Å². The average molecular weight is 312 g/mol. The van der Waals surface area contributed by atoms with Gasteiger partial charge in [0.2, 0.25) is 10.0 Å². The number of aromatic nitrogens is 1. The number of aliphatic carboxylic acids is 1. The summed E-state index contributed by atoms with van der Waals surface area (Å²) in [5.41, 5.74) is 2.83. The highest BCUT2D eigenvalue weighted by atomic mass is 32.2. The fraction of sp³-hybridized carbons (Fsp3) is 0.167. The maximum atomic E-state index is 12.0. The van der Waals surface area contributed by atoms with Gasteiger partial charge in [0, 0.05) is 5.38 Å². The Morgan fingerprint density at radius 1 is 1.30 bits per heavy atom. The number of benzene rings is 1. The van der Waals surface area contributed by atoms with E-state index in [1.165, 1.54) is 35.6 Å². The Morgan fingerprint density at radius 3 is 2.55 bits per heavy atom. The molecule has 6 nitrogen and oxygen atoms in total. The first-order valence-electron chi connectivity index (χ1n) is 5.65. The average Bonchev–Trinajstić information content (AvgIpc) is 2.89. The molecule has 0 saturated carbocycles. The highest BCUT2D eigenvalue weighted by Crippen LogP contribution is 2.12. The van der Waals surface area contributed by atoms with E-state index in [-0.39, 0.29) is 17.9 Å². The summed E-state index contributed by atoms with van der Waals surface area (Å²) in [5.74, 6) is -0.956. The number of sulfonamides is 1. The van der Waals surface area contributed by atoms with Crippen LogP contribution < -0.4 is 4.72 Å². The lowest BCUT2D eigenvalue weighted by molar-refractivity contribution is -0.136. The van der Waals surface area contributed by atoms with Gasteiger partial charge in [0.1, 0.15) is 0 Å². The first-order chi connectivity index (χ1) is 9.47. The van der Waals surface area contributed by atoms with Crippen LogP contribution in [0.1, 0.15) is 11.3 Å². The van der Waals surface area contributed by atoms with Gasteiger partial charge in [-0.15, -0.1) is 11.3 Å². The van der Waals surface area contributed by atoms with Gasteiger partial charge in [0.15, 0.2) is 0 Å². The Hall–Kier alpha value is -1.77. The molecule has 0 saturated heterocycles. The predicted molar refractivity (Wildman–Crippen MR) is 73.9 cm³/mol. The minimum Gasteiger partial charge on any atom is -0.481 e. The number of thiazole rings is 1. The molecule has 0 amide bonds. The monoisotopic (exact) mass is 312 g/mol. The van der Waals surface area contributed by atoms with Crippen molar-refractivity contribution in [2.45, 2.75) is 17.9 Å². The third kappa shape index (κ3) is 3.86. The second-order valence-corrected chi connectivity index (χ2v) is 6.50. The van der Waals surface area contributed by atoms with Crippen LogP contribution in [-0.2, 0) is 27.8 Å². The minimum absolute atomic E-state index is 0.0990. The molecule has 1 heterocycles. The number of carbonyl (C=O) groups is 1. The molecular formula is C12H12N2O4S2. The van der Waals surface area contributed by atoms with Crippen LogP contribution in [0.5, 0.6) is 0 Å². The van der Waals surface area contributed by atoms with E-state index in [0.29, 0.717) is 11.3 Å². The molecule has 0 spiro atoms. The topological polar surface area (TPSA) is 96.4 Å². The maximum absolute atomic E-state index is 12.0. The number of rotatable bonds is 6. The number of nitrogens with one attached hydrogen (secondary N) is 1. The molecule has 0 atom stereocenters. The van der Waals surface area contributed by atoms with E-state index in [4.69, 9.17) is 5.11 Å². The molecule has 8 heteroatoms. The van der Waals surface area contributed by atoms with Crippen molar-refractivity contribution in [3.63, 3.8) is 0 Å². The van der Waals surface area contributed by atoms with Crippen molar-refractivity contribution in [3.05, 3.63) is 46.4 Å². The van der Waals surface area contributed by atoms with Gasteiger partial charge in [-0.25, -0.2) is 18.1 Å². The molecule has 2 N–H and O–H groups in total. The Labute approximate surface area is 120 Å². The van der Waals surface area contributed by atoms with Crippen LogP contribution in [0.4, 0.5) is 0 Å². The summed E-state index contributed by atoms with van der Waals surface area (Å²) in [5, 5.41) is 10.4. The number of hydrogen-bond donors (Lipinski definition) is 2. The van der Waals surface area contributed by atoms with Gasteiger partial charge in [0.05, 0.1) is 29.1 Å². The van der Waals surface area contributed by atoms with Gasteiger partial charge in [-0.3, -0.25) is 4.79 Å². The van der Waals surface area contributed by atoms with Gasteiger partial charge >= 0.3 is 5.97 Å². The second kappa shape index (κ2) is 6.12. The molecule has 0 fully saturated rings. The van der Waals surface area contributed by atoms with Crippen molar-refractivity contribution in [3.8, 4) is 0 Å². The molecule has 0 radical (unpaired) electrons. The smallest absolute Gasteiger partial charge is 0.307 e. The summed E-state index contributed by atoms with van der Waals surface area (Å²) in [6.07, 6.45) is -0.132. The second-order valence-electron chi connectivity index (χ2n) is 4.02. The van der Waals surface area contributed by atoms with Crippen molar-refractivity contribution in [2.24, 2.45) is 0 Å². The van der Waals surface area contributed by atoms with Gasteiger partial charge in [-0.2, -0.15) is 0 Å². The van der Waals surface area contributed by atoms with Crippen molar-refractivity contribution in [1.29, 1.82) is 0 Å². The highest BCUT2D eigenvalue weighted by Gasteiger charge is 2.14. The number of nitrogens with zero attached hydrogens (tertiary/aromatic N) is 1. The third-order valence-electron chi connectivity index (χ3n) is 2.52. The summed E-state index contributed by atoms with van der Waals surface area (Å²) < 4.78 is 26.5. The van der Waals surface area contributed by atoms with E-state index in [1.807, 2.05) is 0 Å². The molecule has 1 aromatic carbocycles. The molecule has 0 aliphatic carbocycles. The third-order valence-corrected chi connectivity index (χ3v) is 4.57. The molecular weight excluding hydrogens is 300 g/mol. The van der Waals surface area contributed by atoms with Gasteiger partial charge < -0.3 is 5.11 Å². The number of carboxylic acid groups (broad SMARTS) is 1. The highest BCUT2D eigenvalue weighted by molar-refractivity contribution is 7.89. The number of carboxylic acids is 1. The zero-order valence-corrected chi connectivity index (χ0v) is 11.9. The predicted octanol–water partition coefficient (Wildman–Crippen LogP) is 1.25. The van der Waals surface area contributed by atoms with Crippen LogP contribution in [0, 0.1) is 0 Å². The van der Waals surface area contributed by atoms with Gasteiger partial charge in [-0.05, 0) is 17.7 Å². The van der Waals surface area contributed by atoms with Gasteiger partial charge in [-0.1, -0.05) is 12.1 Å². The molecule has 0 bridgehead atoms. The number of hydrogen-bond acceptors (Lipinski definition) is 5. The zero-order chi connectivity index (χ0) is 14.6. The summed E-state index contributed by atoms with van der Waals surface area (Å²) in [4.78, 5) is 14.6. The maximum Gasteiger partial charge on any atom is 0.307 e. The normalized spacial score (nSPS) is 11.4. The Morgan fingerprint density at radius 2 is 2.00 bits per heavy atom. The molecule has 0 unspecified atom stereocenters. The van der Waals surface area contributed by atoms with Crippen molar-refractivity contribution < 1.29 is 18.3 Å². The molecule has 106 valence electrons. The largest absolute Gasteiger partial charge is 0.481 e. The Kier molecular flexibility index (Phi) is 4.48. The van der Waals surface area contributed by atoms with Gasteiger partial charge in [0.25, 0.3) is 0 Å². The quantitative estimate of drug-likeness (QED) is 0.837. The lowest BCUT2D eigenvalue weighted by Crippen LogP contribution is -2.23. The van der Waals surface area contributed by atoms with Crippen molar-refractivity contribution in [2.75, 3.05) is 0 Å². The van der Waals surface area contributed by atoms with Crippen LogP contribution in [0.25, 0.3) is 0 Å². The van der Waals surface area contributed by atoms with E-state index in [1.54, 1.807) is 10.9 Å². The first kappa shape index (κ1) is 14.6. The summed E-state index contributed by atoms with van der Waals surface area (Å²) in [7, 11) is -3.61. The van der Waals surface area contributed by atoms with E-state index in [2.05, 4.69) is 9.71 Å². The molecule has 0 aliphatic heterocycles. The Balaban J connectivity index is 2.07. The summed E-state index contributed by atoms with van der Waals surface area (Å²) in [6, 6.07) is 5.76. The first-order valence-corrected chi connectivity index (χ1v) is 8.07.